The van der Waals surface area contributed by atoms with E-state index in [1.54, 1.807) is 30.1 Å². The molecule has 0 aliphatic carbocycles. The number of hydrazine groups is 1. The lowest BCUT2D eigenvalue weighted by Crippen LogP contribution is -2.32. The Kier molecular flexibility index (Phi) is 5.58. The van der Waals surface area contributed by atoms with Gasteiger partial charge in [-0.1, -0.05) is 6.92 Å². The summed E-state index contributed by atoms with van der Waals surface area (Å²) in [6.07, 6.45) is 4.80. The number of hydrogen-bond donors (Lipinski definition) is 2. The third kappa shape index (κ3) is 3.82. The Labute approximate surface area is 122 Å². The van der Waals surface area contributed by atoms with Crippen molar-refractivity contribution in [1.29, 1.82) is 0 Å². The summed E-state index contributed by atoms with van der Waals surface area (Å²) in [4.78, 5) is 5.39. The van der Waals surface area contributed by atoms with Gasteiger partial charge >= 0.3 is 0 Å². The Morgan fingerprint density at radius 1 is 1.40 bits per heavy atom. The number of rotatable bonds is 7. The Hall–Kier alpha value is -1.37. The maximum absolute atomic E-state index is 12.9. The maximum atomic E-state index is 12.9. The number of nitrogens with one attached hydrogen (secondary N) is 1. The number of aromatic nitrogens is 2. The molecule has 2 aromatic rings. The van der Waals surface area contributed by atoms with Crippen LogP contribution >= 0.6 is 11.8 Å². The fraction of sp³-hybridized carbons (Fsp3) is 0.357. The average molecular weight is 294 g/mol. The molecule has 0 radical (unpaired) electrons. The fourth-order valence-electron chi connectivity index (χ4n) is 1.97. The molecule has 20 heavy (non-hydrogen) atoms. The summed E-state index contributed by atoms with van der Waals surface area (Å²) < 4.78 is 15.0. The van der Waals surface area contributed by atoms with Crippen LogP contribution in [0.2, 0.25) is 0 Å². The van der Waals surface area contributed by atoms with Crippen molar-refractivity contribution < 1.29 is 4.39 Å². The molecule has 0 saturated carbocycles. The Balaban J connectivity index is 2.01. The number of imidazole rings is 1. The molecule has 0 spiro atoms. The molecule has 108 valence electrons. The van der Waals surface area contributed by atoms with Crippen molar-refractivity contribution in [2.45, 2.75) is 30.8 Å². The minimum Gasteiger partial charge on any atom is -0.334 e. The summed E-state index contributed by atoms with van der Waals surface area (Å²) in [7, 11) is 0. The minimum atomic E-state index is -0.221. The smallest absolute Gasteiger partial charge is 0.128 e. The van der Waals surface area contributed by atoms with Crippen LogP contribution in [-0.2, 0) is 6.54 Å². The van der Waals surface area contributed by atoms with Crippen molar-refractivity contribution in [1.82, 2.24) is 15.0 Å². The zero-order valence-electron chi connectivity index (χ0n) is 11.4. The molecule has 1 atom stereocenters. The van der Waals surface area contributed by atoms with Crippen molar-refractivity contribution in [3.63, 3.8) is 0 Å². The number of halogens is 1. The molecule has 2 rings (SSSR count). The quantitative estimate of drug-likeness (QED) is 0.468. The molecule has 1 aromatic heterocycles. The minimum absolute atomic E-state index is 0.0356. The van der Waals surface area contributed by atoms with E-state index < -0.39 is 0 Å². The highest BCUT2D eigenvalue weighted by Crippen LogP contribution is 2.24. The predicted octanol–water partition coefficient (Wildman–Crippen LogP) is 2.73. The largest absolute Gasteiger partial charge is 0.334 e. The fourth-order valence-corrected chi connectivity index (χ4v) is 2.90. The zero-order valence-corrected chi connectivity index (χ0v) is 12.2. The molecule has 6 heteroatoms. The van der Waals surface area contributed by atoms with Crippen molar-refractivity contribution in [2.24, 2.45) is 5.84 Å². The maximum Gasteiger partial charge on any atom is 0.128 e. The summed E-state index contributed by atoms with van der Waals surface area (Å²) in [5.74, 6) is 7.09. The van der Waals surface area contributed by atoms with Crippen LogP contribution in [0.25, 0.3) is 0 Å². The second-order valence-corrected chi connectivity index (χ2v) is 5.56. The molecule has 1 heterocycles. The van der Waals surface area contributed by atoms with Crippen LogP contribution in [0, 0.1) is 5.82 Å². The van der Waals surface area contributed by atoms with Gasteiger partial charge in [0.2, 0.25) is 0 Å². The molecular weight excluding hydrogens is 275 g/mol. The summed E-state index contributed by atoms with van der Waals surface area (Å²) in [6.45, 7) is 3.05. The van der Waals surface area contributed by atoms with Crippen LogP contribution in [0.5, 0.6) is 0 Å². The number of benzene rings is 1. The van der Waals surface area contributed by atoms with Gasteiger partial charge < -0.3 is 4.57 Å². The van der Waals surface area contributed by atoms with Crippen molar-refractivity contribution >= 4 is 11.8 Å². The molecule has 0 fully saturated rings. The van der Waals surface area contributed by atoms with E-state index in [4.69, 9.17) is 5.84 Å². The number of aryl methyl sites for hydroxylation is 1. The lowest BCUT2D eigenvalue weighted by Gasteiger charge is -2.16. The highest BCUT2D eigenvalue weighted by atomic mass is 32.2. The summed E-state index contributed by atoms with van der Waals surface area (Å²) in [6, 6.07) is 6.43. The Morgan fingerprint density at radius 2 is 2.15 bits per heavy atom. The lowest BCUT2D eigenvalue weighted by molar-refractivity contribution is 0.528. The normalized spacial score (nSPS) is 12.6. The van der Waals surface area contributed by atoms with E-state index in [9.17, 15) is 4.39 Å². The van der Waals surface area contributed by atoms with E-state index in [-0.39, 0.29) is 11.9 Å². The number of hydrogen-bond acceptors (Lipinski definition) is 4. The predicted molar refractivity (Wildman–Crippen MR) is 79.7 cm³/mol. The first kappa shape index (κ1) is 15.0. The van der Waals surface area contributed by atoms with Gasteiger partial charge in [0.25, 0.3) is 0 Å². The second kappa shape index (κ2) is 7.42. The van der Waals surface area contributed by atoms with Gasteiger partial charge in [-0.25, -0.2) is 14.8 Å². The molecule has 0 bridgehead atoms. The first-order valence-electron chi connectivity index (χ1n) is 6.60. The molecule has 0 saturated heterocycles. The van der Waals surface area contributed by atoms with E-state index in [2.05, 4.69) is 21.9 Å². The first-order valence-corrected chi connectivity index (χ1v) is 7.58. The van der Waals surface area contributed by atoms with Gasteiger partial charge in [0.1, 0.15) is 11.6 Å². The third-order valence-corrected chi connectivity index (χ3v) is 4.06. The van der Waals surface area contributed by atoms with Gasteiger partial charge in [-0.05, 0) is 30.7 Å². The number of nitrogens with two attached hydrogens (primary N) is 1. The molecule has 0 amide bonds. The van der Waals surface area contributed by atoms with Crippen LogP contribution in [0.1, 0.15) is 25.2 Å². The van der Waals surface area contributed by atoms with Gasteiger partial charge in [-0.15, -0.1) is 11.8 Å². The number of nitrogens with zero attached hydrogens (tertiary/aromatic N) is 2. The van der Waals surface area contributed by atoms with E-state index >= 15 is 0 Å². The summed E-state index contributed by atoms with van der Waals surface area (Å²) in [5.41, 5.74) is 2.81. The SMILES string of the molecule is CCCn1ccnc1C(CSc1ccc(F)cc1)NN. The molecule has 1 aromatic carbocycles. The van der Waals surface area contributed by atoms with Crippen LogP contribution in [0.3, 0.4) is 0 Å². The van der Waals surface area contributed by atoms with E-state index in [0.717, 1.165) is 29.4 Å². The van der Waals surface area contributed by atoms with Crippen molar-refractivity contribution in [3.8, 4) is 0 Å². The van der Waals surface area contributed by atoms with Gasteiger partial charge in [0.05, 0.1) is 6.04 Å². The monoisotopic (exact) mass is 294 g/mol. The van der Waals surface area contributed by atoms with Crippen LogP contribution in [-0.4, -0.2) is 15.3 Å². The standard InChI is InChI=1S/C14H19FN4S/c1-2-8-19-9-7-17-14(19)13(18-16)10-20-12-5-3-11(15)4-6-12/h3-7,9,13,18H,2,8,10,16H2,1H3. The number of thioether (sulfide) groups is 1. The Bertz CT molecular complexity index is 526. The summed E-state index contributed by atoms with van der Waals surface area (Å²) >= 11 is 1.62. The second-order valence-electron chi connectivity index (χ2n) is 4.46. The van der Waals surface area contributed by atoms with Gasteiger partial charge in [0.15, 0.2) is 0 Å². The highest BCUT2D eigenvalue weighted by Gasteiger charge is 2.15. The van der Waals surface area contributed by atoms with E-state index in [0.29, 0.717) is 0 Å². The lowest BCUT2D eigenvalue weighted by atomic mass is 10.3. The van der Waals surface area contributed by atoms with E-state index in [1.807, 2.05) is 6.20 Å². The molecule has 1 unspecified atom stereocenters. The van der Waals surface area contributed by atoms with Crippen LogP contribution in [0.4, 0.5) is 4.39 Å². The molecule has 0 aliphatic heterocycles. The van der Waals surface area contributed by atoms with Gasteiger partial charge in [-0.3, -0.25) is 5.84 Å². The molecular formula is C14H19FN4S. The molecule has 4 nitrogen and oxygen atoms in total. The van der Waals surface area contributed by atoms with Crippen molar-refractivity contribution in [2.75, 3.05) is 5.75 Å². The van der Waals surface area contributed by atoms with Crippen molar-refractivity contribution in [3.05, 3.63) is 48.3 Å². The molecule has 0 aliphatic rings. The molecule has 3 N–H and O–H groups in total. The Morgan fingerprint density at radius 3 is 2.80 bits per heavy atom. The average Bonchev–Trinajstić information content (AvgIpc) is 2.90. The topological polar surface area (TPSA) is 55.9 Å². The summed E-state index contributed by atoms with van der Waals surface area (Å²) in [5, 5.41) is 0. The van der Waals surface area contributed by atoms with Crippen LogP contribution in [0.15, 0.2) is 41.6 Å². The zero-order chi connectivity index (χ0) is 14.4. The van der Waals surface area contributed by atoms with E-state index in [1.165, 1.54) is 12.1 Å². The first-order chi connectivity index (χ1) is 9.74. The highest BCUT2D eigenvalue weighted by molar-refractivity contribution is 7.99. The third-order valence-electron chi connectivity index (χ3n) is 2.96. The van der Waals surface area contributed by atoms with Gasteiger partial charge in [-0.2, -0.15) is 0 Å². The van der Waals surface area contributed by atoms with Crippen LogP contribution < -0.4 is 11.3 Å². The van der Waals surface area contributed by atoms with Gasteiger partial charge in [0, 0.05) is 29.6 Å².